The largest absolute Gasteiger partial charge is 0.387 e. The summed E-state index contributed by atoms with van der Waals surface area (Å²) in [4.78, 5) is 4.12. The zero-order valence-electron chi connectivity index (χ0n) is 13.2. The fourth-order valence-electron chi connectivity index (χ4n) is 2.12. The third-order valence-corrected chi connectivity index (χ3v) is 3.50. The molecule has 22 heavy (non-hydrogen) atoms. The Hall–Kier alpha value is -2.38. The molecule has 2 rings (SSSR count). The molecule has 1 unspecified atom stereocenters. The average Bonchev–Trinajstić information content (AvgIpc) is 2.52. The van der Waals surface area contributed by atoms with Crippen LogP contribution in [0.5, 0.6) is 0 Å². The molecule has 2 aromatic rings. The van der Waals surface area contributed by atoms with Crippen LogP contribution >= 0.6 is 0 Å². The lowest BCUT2D eigenvalue weighted by Gasteiger charge is -2.20. The third kappa shape index (κ3) is 4.06. The van der Waals surface area contributed by atoms with Crippen molar-refractivity contribution in [2.45, 2.75) is 32.3 Å². The molecule has 1 aromatic carbocycles. The normalized spacial score (nSPS) is 12.5. The van der Waals surface area contributed by atoms with Gasteiger partial charge in [-0.1, -0.05) is 51.1 Å². The number of hydrogen-bond acceptors (Lipinski definition) is 4. The molecule has 114 valence electrons. The Balaban J connectivity index is 2.00. The molecular formula is C18H21N3O. The molecule has 0 saturated carbocycles. The summed E-state index contributed by atoms with van der Waals surface area (Å²) in [7, 11) is 0. The maximum absolute atomic E-state index is 10.2. The maximum Gasteiger partial charge on any atom is 0.142 e. The van der Waals surface area contributed by atoms with Crippen LogP contribution in [0.2, 0.25) is 0 Å². The maximum atomic E-state index is 10.2. The number of rotatable bonds is 4. The molecule has 0 fully saturated rings. The van der Waals surface area contributed by atoms with E-state index in [1.54, 1.807) is 18.2 Å². The predicted octanol–water partition coefficient (Wildman–Crippen LogP) is 3.40. The van der Waals surface area contributed by atoms with Crippen molar-refractivity contribution in [3.63, 3.8) is 0 Å². The standard InChI is InChI=1S/C18H21N3O/c1-18(2,3)14-9-7-13(8-10-14)16(22)12-20-17-6-4-5-15(11-19)21-17/h4-10,16,22H,12H2,1-3H3,(H,20,21). The van der Waals surface area contributed by atoms with Crippen molar-refractivity contribution in [2.24, 2.45) is 0 Å². The molecule has 0 aliphatic heterocycles. The zero-order chi connectivity index (χ0) is 16.2. The van der Waals surface area contributed by atoms with Gasteiger partial charge < -0.3 is 10.4 Å². The van der Waals surface area contributed by atoms with E-state index >= 15 is 0 Å². The first kappa shape index (κ1) is 16.0. The highest BCUT2D eigenvalue weighted by atomic mass is 16.3. The number of benzene rings is 1. The van der Waals surface area contributed by atoms with E-state index in [4.69, 9.17) is 5.26 Å². The lowest BCUT2D eigenvalue weighted by Crippen LogP contribution is -2.14. The van der Waals surface area contributed by atoms with E-state index < -0.39 is 6.10 Å². The number of anilines is 1. The number of aromatic nitrogens is 1. The summed E-state index contributed by atoms with van der Waals surface area (Å²) in [5.41, 5.74) is 2.55. The van der Waals surface area contributed by atoms with Crippen molar-refractivity contribution in [1.82, 2.24) is 4.98 Å². The van der Waals surface area contributed by atoms with Crippen LogP contribution in [-0.4, -0.2) is 16.6 Å². The molecule has 0 amide bonds. The zero-order valence-corrected chi connectivity index (χ0v) is 13.2. The number of pyridine rings is 1. The number of nitrogens with one attached hydrogen (secondary N) is 1. The van der Waals surface area contributed by atoms with E-state index in [2.05, 4.69) is 31.1 Å². The van der Waals surface area contributed by atoms with E-state index in [9.17, 15) is 5.11 Å². The van der Waals surface area contributed by atoms with Crippen LogP contribution in [0.3, 0.4) is 0 Å². The van der Waals surface area contributed by atoms with Crippen LogP contribution in [0.15, 0.2) is 42.5 Å². The molecule has 1 aromatic heterocycles. The van der Waals surface area contributed by atoms with Crippen molar-refractivity contribution in [2.75, 3.05) is 11.9 Å². The molecule has 0 radical (unpaired) electrons. The lowest BCUT2D eigenvalue weighted by molar-refractivity contribution is 0.191. The molecule has 0 bridgehead atoms. The summed E-state index contributed by atoms with van der Waals surface area (Å²) >= 11 is 0. The van der Waals surface area contributed by atoms with Gasteiger partial charge in [0.05, 0.1) is 6.10 Å². The molecule has 0 aliphatic carbocycles. The first-order valence-corrected chi connectivity index (χ1v) is 7.29. The fourth-order valence-corrected chi connectivity index (χ4v) is 2.12. The predicted molar refractivity (Wildman–Crippen MR) is 87.5 cm³/mol. The van der Waals surface area contributed by atoms with Gasteiger partial charge in [0, 0.05) is 6.54 Å². The molecule has 0 saturated heterocycles. The van der Waals surface area contributed by atoms with Crippen molar-refractivity contribution < 1.29 is 5.11 Å². The van der Waals surface area contributed by atoms with Crippen LogP contribution in [0.25, 0.3) is 0 Å². The third-order valence-electron chi connectivity index (χ3n) is 3.50. The fraction of sp³-hybridized carbons (Fsp3) is 0.333. The second kappa shape index (κ2) is 6.59. The topological polar surface area (TPSA) is 68.9 Å². The molecule has 0 aliphatic rings. The summed E-state index contributed by atoms with van der Waals surface area (Å²) in [6, 6.07) is 15.2. The summed E-state index contributed by atoms with van der Waals surface area (Å²) < 4.78 is 0. The van der Waals surface area contributed by atoms with Gasteiger partial charge in [0.2, 0.25) is 0 Å². The number of nitrogens with zero attached hydrogens (tertiary/aromatic N) is 2. The van der Waals surface area contributed by atoms with Crippen molar-refractivity contribution in [1.29, 1.82) is 5.26 Å². The van der Waals surface area contributed by atoms with Crippen molar-refractivity contribution >= 4 is 5.82 Å². The summed E-state index contributed by atoms with van der Waals surface area (Å²) in [6.45, 7) is 6.83. The number of aliphatic hydroxyl groups is 1. The SMILES string of the molecule is CC(C)(C)c1ccc(C(O)CNc2cccc(C#N)n2)cc1. The van der Waals surface area contributed by atoms with E-state index in [1.165, 1.54) is 5.56 Å². The Morgan fingerprint density at radius 1 is 1.18 bits per heavy atom. The minimum atomic E-state index is -0.624. The van der Waals surface area contributed by atoms with Gasteiger partial charge in [0.15, 0.2) is 0 Å². The van der Waals surface area contributed by atoms with E-state index in [0.29, 0.717) is 18.1 Å². The Labute approximate surface area is 131 Å². The van der Waals surface area contributed by atoms with Crippen molar-refractivity contribution in [3.8, 4) is 6.07 Å². The van der Waals surface area contributed by atoms with Crippen molar-refractivity contribution in [3.05, 3.63) is 59.3 Å². The smallest absolute Gasteiger partial charge is 0.142 e. The van der Waals surface area contributed by atoms with Gasteiger partial charge in [0.25, 0.3) is 0 Å². The first-order chi connectivity index (χ1) is 10.4. The highest BCUT2D eigenvalue weighted by molar-refractivity contribution is 5.39. The van der Waals surface area contributed by atoms with E-state index in [0.717, 1.165) is 5.56 Å². The van der Waals surface area contributed by atoms with Gasteiger partial charge in [-0.25, -0.2) is 4.98 Å². The second-order valence-electron chi connectivity index (χ2n) is 6.29. The summed E-state index contributed by atoms with van der Waals surface area (Å²) in [5.74, 6) is 0.587. The second-order valence-corrected chi connectivity index (χ2v) is 6.29. The number of hydrogen-bond donors (Lipinski definition) is 2. The number of aliphatic hydroxyl groups excluding tert-OH is 1. The van der Waals surface area contributed by atoms with Gasteiger partial charge >= 0.3 is 0 Å². The van der Waals surface area contributed by atoms with Gasteiger partial charge in [-0.05, 0) is 28.7 Å². The Morgan fingerprint density at radius 3 is 2.45 bits per heavy atom. The molecule has 1 atom stereocenters. The minimum Gasteiger partial charge on any atom is -0.387 e. The molecule has 2 N–H and O–H groups in total. The molecule has 4 nitrogen and oxygen atoms in total. The molecule has 4 heteroatoms. The highest BCUT2D eigenvalue weighted by Gasteiger charge is 2.14. The van der Waals surface area contributed by atoms with Gasteiger partial charge in [0.1, 0.15) is 17.6 Å². The summed E-state index contributed by atoms with van der Waals surface area (Å²) in [6.07, 6.45) is -0.624. The summed E-state index contributed by atoms with van der Waals surface area (Å²) in [5, 5.41) is 22.1. The van der Waals surface area contributed by atoms with E-state index in [1.807, 2.05) is 30.3 Å². The average molecular weight is 295 g/mol. The van der Waals surface area contributed by atoms with Gasteiger partial charge in [-0.3, -0.25) is 0 Å². The highest BCUT2D eigenvalue weighted by Crippen LogP contribution is 2.24. The Kier molecular flexibility index (Phi) is 4.79. The minimum absolute atomic E-state index is 0.101. The number of nitriles is 1. The molecular weight excluding hydrogens is 274 g/mol. The molecule has 1 heterocycles. The van der Waals surface area contributed by atoms with E-state index in [-0.39, 0.29) is 5.41 Å². The van der Waals surface area contributed by atoms with Crippen LogP contribution in [0.1, 0.15) is 43.7 Å². The van der Waals surface area contributed by atoms with Crippen LogP contribution in [0, 0.1) is 11.3 Å². The Bertz CT molecular complexity index is 666. The monoisotopic (exact) mass is 295 g/mol. The Morgan fingerprint density at radius 2 is 1.86 bits per heavy atom. The van der Waals surface area contributed by atoms with Crippen LogP contribution in [-0.2, 0) is 5.41 Å². The lowest BCUT2D eigenvalue weighted by atomic mass is 9.86. The van der Waals surface area contributed by atoms with Crippen LogP contribution < -0.4 is 5.32 Å². The molecule has 0 spiro atoms. The van der Waals surface area contributed by atoms with Crippen LogP contribution in [0.4, 0.5) is 5.82 Å². The quantitative estimate of drug-likeness (QED) is 0.907. The van der Waals surface area contributed by atoms with Gasteiger partial charge in [-0.15, -0.1) is 0 Å². The first-order valence-electron chi connectivity index (χ1n) is 7.29. The van der Waals surface area contributed by atoms with Gasteiger partial charge in [-0.2, -0.15) is 5.26 Å².